The van der Waals surface area contributed by atoms with Crippen molar-refractivity contribution in [3.05, 3.63) is 6.20 Å². The van der Waals surface area contributed by atoms with Gasteiger partial charge < -0.3 is 19.3 Å². The van der Waals surface area contributed by atoms with Crippen molar-refractivity contribution in [1.82, 2.24) is 19.7 Å². The Kier molecular flexibility index (Phi) is 5.11. The van der Waals surface area contributed by atoms with E-state index >= 15 is 0 Å². The predicted molar refractivity (Wildman–Crippen MR) is 101 cm³/mol. The number of carbonyl (C=O) groups excluding carboxylic acids is 1. The second-order valence-electron chi connectivity index (χ2n) is 6.99. The number of aryl methyl sites for hydroxylation is 1. The van der Waals surface area contributed by atoms with Crippen molar-refractivity contribution >= 4 is 28.8 Å². The number of fused-ring (bicyclic) bond motifs is 1. The Balaban J connectivity index is 1.66. The number of nitrogens with zero attached hydrogens (tertiary/aromatic N) is 6. The van der Waals surface area contributed by atoms with E-state index in [0.717, 1.165) is 49.3 Å². The van der Waals surface area contributed by atoms with Crippen molar-refractivity contribution in [2.45, 2.75) is 19.8 Å². The first-order valence-electron chi connectivity index (χ1n) is 9.61. The minimum atomic E-state index is -0.128. The van der Waals surface area contributed by atoms with Crippen molar-refractivity contribution in [2.24, 2.45) is 13.0 Å². The normalized spacial score (nSPS) is 20.9. The minimum Gasteiger partial charge on any atom is -0.466 e. The molecule has 146 valence electrons. The molecular formula is C18H26N6O3. The first kappa shape index (κ1) is 18.0. The van der Waals surface area contributed by atoms with Crippen LogP contribution in [0.25, 0.3) is 11.0 Å². The lowest BCUT2D eigenvalue weighted by Gasteiger charge is -2.33. The first-order valence-corrected chi connectivity index (χ1v) is 9.61. The molecule has 0 aliphatic carbocycles. The number of ether oxygens (including phenoxy) is 2. The van der Waals surface area contributed by atoms with E-state index in [2.05, 4.69) is 14.9 Å². The quantitative estimate of drug-likeness (QED) is 0.732. The summed E-state index contributed by atoms with van der Waals surface area (Å²) in [5.74, 6) is 1.29. The van der Waals surface area contributed by atoms with Crippen LogP contribution in [-0.2, 0) is 21.3 Å². The summed E-state index contributed by atoms with van der Waals surface area (Å²) in [6, 6.07) is 0. The van der Waals surface area contributed by atoms with Crippen LogP contribution in [0.3, 0.4) is 0 Å². The number of anilines is 2. The Bertz CT molecular complexity index is 817. The number of esters is 1. The molecule has 9 heteroatoms. The molecule has 0 unspecified atom stereocenters. The first-order chi connectivity index (χ1) is 13.2. The Hall–Kier alpha value is -2.42. The molecule has 0 N–H and O–H groups in total. The lowest BCUT2D eigenvalue weighted by molar-refractivity contribution is -0.148. The van der Waals surface area contributed by atoms with Gasteiger partial charge in [0.2, 0.25) is 5.95 Å². The fourth-order valence-electron chi connectivity index (χ4n) is 3.76. The minimum absolute atomic E-state index is 0.128. The van der Waals surface area contributed by atoms with Crippen LogP contribution in [0.2, 0.25) is 0 Å². The van der Waals surface area contributed by atoms with Crippen LogP contribution >= 0.6 is 0 Å². The number of aromatic nitrogens is 4. The van der Waals surface area contributed by atoms with Crippen LogP contribution in [0.4, 0.5) is 11.8 Å². The molecule has 0 bridgehead atoms. The highest BCUT2D eigenvalue weighted by Gasteiger charge is 2.29. The third-order valence-corrected chi connectivity index (χ3v) is 5.19. The van der Waals surface area contributed by atoms with Crippen molar-refractivity contribution in [3.8, 4) is 0 Å². The highest BCUT2D eigenvalue weighted by Crippen LogP contribution is 2.29. The number of hydrogen-bond acceptors (Lipinski definition) is 8. The van der Waals surface area contributed by atoms with Crippen molar-refractivity contribution in [2.75, 3.05) is 55.8 Å². The molecule has 4 heterocycles. The topological polar surface area (TPSA) is 85.6 Å². The molecule has 1 atom stereocenters. The van der Waals surface area contributed by atoms with Crippen molar-refractivity contribution < 1.29 is 14.3 Å². The third kappa shape index (κ3) is 3.55. The fourth-order valence-corrected chi connectivity index (χ4v) is 3.76. The summed E-state index contributed by atoms with van der Waals surface area (Å²) < 4.78 is 12.5. The van der Waals surface area contributed by atoms with Crippen molar-refractivity contribution in [1.29, 1.82) is 0 Å². The van der Waals surface area contributed by atoms with Gasteiger partial charge in [0.25, 0.3) is 0 Å². The third-order valence-electron chi connectivity index (χ3n) is 5.19. The molecule has 2 saturated heterocycles. The molecule has 0 amide bonds. The molecule has 2 aromatic rings. The molecule has 0 aromatic carbocycles. The van der Waals surface area contributed by atoms with Gasteiger partial charge in [-0.1, -0.05) is 0 Å². The SMILES string of the molecule is CCOC(=O)[C@H]1CCCN(c2nc(N3CCOCC3)c3cnn(C)c3n2)C1. The number of rotatable bonds is 4. The molecule has 2 aliphatic heterocycles. The van der Waals surface area contributed by atoms with Crippen LogP contribution in [0, 0.1) is 5.92 Å². The zero-order chi connectivity index (χ0) is 18.8. The van der Waals surface area contributed by atoms with Crippen LogP contribution in [-0.4, -0.2) is 71.7 Å². The monoisotopic (exact) mass is 374 g/mol. The maximum absolute atomic E-state index is 12.2. The van der Waals surface area contributed by atoms with E-state index in [9.17, 15) is 4.79 Å². The van der Waals surface area contributed by atoms with Gasteiger partial charge in [-0.25, -0.2) is 0 Å². The Morgan fingerprint density at radius 3 is 2.85 bits per heavy atom. The van der Waals surface area contributed by atoms with E-state index in [1.165, 1.54) is 0 Å². The molecule has 0 radical (unpaired) electrons. The van der Waals surface area contributed by atoms with Gasteiger partial charge in [0.1, 0.15) is 5.82 Å². The zero-order valence-electron chi connectivity index (χ0n) is 15.9. The largest absolute Gasteiger partial charge is 0.466 e. The highest BCUT2D eigenvalue weighted by molar-refractivity contribution is 5.88. The van der Waals surface area contributed by atoms with Crippen molar-refractivity contribution in [3.63, 3.8) is 0 Å². The average Bonchev–Trinajstić information content (AvgIpc) is 3.09. The second kappa shape index (κ2) is 7.67. The highest BCUT2D eigenvalue weighted by atomic mass is 16.5. The maximum Gasteiger partial charge on any atom is 0.310 e. The van der Waals surface area contributed by atoms with Gasteiger partial charge in [-0.2, -0.15) is 15.1 Å². The van der Waals surface area contributed by atoms with Crippen LogP contribution < -0.4 is 9.80 Å². The predicted octanol–water partition coefficient (Wildman–Crippen LogP) is 0.979. The lowest BCUT2D eigenvalue weighted by Crippen LogP contribution is -2.41. The molecule has 9 nitrogen and oxygen atoms in total. The Labute approximate surface area is 158 Å². The van der Waals surface area contributed by atoms with Crippen LogP contribution in [0.1, 0.15) is 19.8 Å². The van der Waals surface area contributed by atoms with Gasteiger partial charge in [-0.05, 0) is 19.8 Å². The van der Waals surface area contributed by atoms with E-state index < -0.39 is 0 Å². The molecular weight excluding hydrogens is 348 g/mol. The van der Waals surface area contributed by atoms with E-state index in [1.54, 1.807) is 4.68 Å². The number of morpholine rings is 1. The number of piperidine rings is 1. The summed E-state index contributed by atoms with van der Waals surface area (Å²) in [6.07, 6.45) is 3.59. The molecule has 2 aromatic heterocycles. The van der Waals surface area contributed by atoms with E-state index in [0.29, 0.717) is 32.3 Å². The summed E-state index contributed by atoms with van der Waals surface area (Å²) in [4.78, 5) is 26.2. The number of carbonyl (C=O) groups is 1. The molecule has 0 spiro atoms. The molecule has 2 fully saturated rings. The average molecular weight is 374 g/mol. The smallest absolute Gasteiger partial charge is 0.310 e. The van der Waals surface area contributed by atoms with Gasteiger partial charge in [-0.15, -0.1) is 0 Å². The second-order valence-corrected chi connectivity index (χ2v) is 6.99. The Morgan fingerprint density at radius 2 is 2.07 bits per heavy atom. The molecule has 0 saturated carbocycles. The van der Waals surface area contributed by atoms with Gasteiger partial charge in [0.15, 0.2) is 5.65 Å². The Morgan fingerprint density at radius 1 is 1.26 bits per heavy atom. The summed E-state index contributed by atoms with van der Waals surface area (Å²) in [5.41, 5.74) is 0.805. The van der Waals surface area contributed by atoms with Gasteiger partial charge >= 0.3 is 5.97 Å². The number of hydrogen-bond donors (Lipinski definition) is 0. The molecule has 4 rings (SSSR count). The lowest BCUT2D eigenvalue weighted by atomic mass is 9.98. The molecule has 2 aliphatic rings. The van der Waals surface area contributed by atoms with E-state index in [4.69, 9.17) is 19.4 Å². The van der Waals surface area contributed by atoms with Gasteiger partial charge in [-0.3, -0.25) is 9.48 Å². The standard InChI is InChI=1S/C18H26N6O3/c1-3-27-17(25)13-5-4-6-24(12-13)18-20-15-14(11-19-22(15)2)16(21-18)23-7-9-26-10-8-23/h11,13H,3-10,12H2,1-2H3/t13-/m0/s1. The summed E-state index contributed by atoms with van der Waals surface area (Å²) in [7, 11) is 1.89. The van der Waals surface area contributed by atoms with Gasteiger partial charge in [0.05, 0.1) is 37.3 Å². The van der Waals surface area contributed by atoms with E-state index in [1.807, 2.05) is 20.2 Å². The van der Waals surface area contributed by atoms with Gasteiger partial charge in [0, 0.05) is 33.2 Å². The zero-order valence-corrected chi connectivity index (χ0v) is 15.9. The summed E-state index contributed by atoms with van der Waals surface area (Å²) in [5, 5.41) is 5.32. The van der Waals surface area contributed by atoms with Crippen LogP contribution in [0.5, 0.6) is 0 Å². The fraction of sp³-hybridized carbons (Fsp3) is 0.667. The summed E-state index contributed by atoms with van der Waals surface area (Å²) >= 11 is 0. The maximum atomic E-state index is 12.2. The molecule has 27 heavy (non-hydrogen) atoms. The van der Waals surface area contributed by atoms with Crippen LogP contribution in [0.15, 0.2) is 6.20 Å². The van der Waals surface area contributed by atoms with E-state index in [-0.39, 0.29) is 11.9 Å². The summed E-state index contributed by atoms with van der Waals surface area (Å²) in [6.45, 7) is 6.65.